The zero-order valence-corrected chi connectivity index (χ0v) is 24.5. The van der Waals surface area contributed by atoms with Crippen molar-refractivity contribution in [3.8, 4) is 0 Å². The highest BCUT2D eigenvalue weighted by Crippen LogP contribution is 2.20. The number of hydrogen-bond acceptors (Lipinski definition) is 7. The monoisotopic (exact) mass is 581 g/mol. The number of carbonyl (C=O) groups is 4. The molecule has 6 N–H and O–H groups in total. The van der Waals surface area contributed by atoms with Crippen LogP contribution in [-0.4, -0.2) is 76.7 Å². The van der Waals surface area contributed by atoms with E-state index >= 15 is 0 Å². The normalized spacial score (nSPS) is 17.5. The highest BCUT2D eigenvalue weighted by Gasteiger charge is 2.36. The first-order valence-corrected chi connectivity index (χ1v) is 14.2. The van der Waals surface area contributed by atoms with Crippen molar-refractivity contribution in [1.29, 1.82) is 0 Å². The van der Waals surface area contributed by atoms with Crippen molar-refractivity contribution >= 4 is 23.8 Å². The summed E-state index contributed by atoms with van der Waals surface area (Å²) in [6.07, 6.45) is -0.647. The average Bonchev–Trinajstić information content (AvgIpc) is 3.39. The number of aliphatic hydroxyl groups excluding tert-OH is 1. The maximum atomic E-state index is 13.4. The van der Waals surface area contributed by atoms with E-state index in [0.717, 1.165) is 17.5 Å². The molecule has 4 amide bonds. The largest absolute Gasteiger partial charge is 0.445 e. The molecule has 4 atom stereocenters. The highest BCUT2D eigenvalue weighted by atomic mass is 16.5. The quantitative estimate of drug-likeness (QED) is 0.240. The maximum Gasteiger partial charge on any atom is 0.408 e. The van der Waals surface area contributed by atoms with E-state index in [4.69, 9.17) is 10.5 Å². The molecule has 1 fully saturated rings. The smallest absolute Gasteiger partial charge is 0.408 e. The van der Waals surface area contributed by atoms with Crippen LogP contribution in [0.1, 0.15) is 51.2 Å². The average molecular weight is 582 g/mol. The van der Waals surface area contributed by atoms with E-state index < -0.39 is 54.1 Å². The molecule has 2 aromatic rings. The predicted octanol–water partition coefficient (Wildman–Crippen LogP) is 1.62. The summed E-state index contributed by atoms with van der Waals surface area (Å²) in [7, 11) is 0. The van der Waals surface area contributed by atoms with E-state index in [1.54, 1.807) is 24.3 Å². The molecule has 2 aromatic carbocycles. The van der Waals surface area contributed by atoms with E-state index in [2.05, 4.69) is 16.0 Å². The predicted molar refractivity (Wildman–Crippen MR) is 158 cm³/mol. The number of nitrogens with one attached hydrogen (secondary N) is 3. The van der Waals surface area contributed by atoms with Gasteiger partial charge in [0.25, 0.3) is 0 Å². The molecule has 0 saturated carbocycles. The third-order valence-electron chi connectivity index (χ3n) is 6.90. The van der Waals surface area contributed by atoms with Crippen LogP contribution in [0.15, 0.2) is 60.7 Å². The summed E-state index contributed by atoms with van der Waals surface area (Å²) < 4.78 is 5.22. The van der Waals surface area contributed by atoms with Gasteiger partial charge in [0, 0.05) is 12.1 Å². The molecule has 1 saturated heterocycles. The van der Waals surface area contributed by atoms with E-state index in [-0.39, 0.29) is 25.5 Å². The Kier molecular flexibility index (Phi) is 11.9. The van der Waals surface area contributed by atoms with Crippen molar-refractivity contribution in [2.24, 2.45) is 5.73 Å². The number of benzene rings is 2. The Balaban J connectivity index is 1.71. The van der Waals surface area contributed by atoms with Crippen LogP contribution in [0.2, 0.25) is 0 Å². The number of β-amino-alcohol motifs (C(OH)–C–C–N with tert-alkyl or cyclic N) is 1. The number of aliphatic hydroxyl groups is 1. The number of nitrogens with zero attached hydrogens (tertiary/aromatic N) is 1. The van der Waals surface area contributed by atoms with E-state index in [1.807, 2.05) is 62.1 Å². The maximum absolute atomic E-state index is 13.4. The lowest BCUT2D eigenvalue weighted by molar-refractivity contribution is -0.129. The molecular weight excluding hydrogens is 538 g/mol. The fourth-order valence-corrected chi connectivity index (χ4v) is 4.91. The molecule has 1 heterocycles. The van der Waals surface area contributed by atoms with Crippen molar-refractivity contribution in [3.63, 3.8) is 0 Å². The van der Waals surface area contributed by atoms with Crippen molar-refractivity contribution in [1.82, 2.24) is 20.9 Å². The summed E-state index contributed by atoms with van der Waals surface area (Å²) in [4.78, 5) is 52.5. The molecule has 0 radical (unpaired) electrons. The second kappa shape index (κ2) is 15.3. The second-order valence-electron chi connectivity index (χ2n) is 11.7. The summed E-state index contributed by atoms with van der Waals surface area (Å²) >= 11 is 0. The molecule has 3 rings (SSSR count). The van der Waals surface area contributed by atoms with E-state index in [0.29, 0.717) is 13.0 Å². The number of ether oxygens (including phenoxy) is 1. The van der Waals surface area contributed by atoms with Gasteiger partial charge in [-0.15, -0.1) is 0 Å². The Hall–Kier alpha value is -3.96. The van der Waals surface area contributed by atoms with Gasteiger partial charge in [-0.2, -0.15) is 0 Å². The number of carbonyl (C=O) groups excluding carboxylic acids is 4. The molecule has 0 spiro atoms. The summed E-state index contributed by atoms with van der Waals surface area (Å²) in [6, 6.07) is 15.9. The number of rotatable bonds is 13. The van der Waals surface area contributed by atoms with Crippen molar-refractivity contribution in [2.75, 3.05) is 13.1 Å². The lowest BCUT2D eigenvalue weighted by atomic mass is 9.99. The third-order valence-corrected chi connectivity index (χ3v) is 6.90. The van der Waals surface area contributed by atoms with Crippen LogP contribution < -0.4 is 21.7 Å². The molecule has 228 valence electrons. The minimum atomic E-state index is -1.31. The van der Waals surface area contributed by atoms with Crippen molar-refractivity contribution in [3.05, 3.63) is 71.8 Å². The molecular formula is C31H43N5O6. The van der Waals surface area contributed by atoms with Crippen LogP contribution in [0, 0.1) is 0 Å². The number of primary amides is 1. The second-order valence-corrected chi connectivity index (χ2v) is 11.7. The minimum Gasteiger partial charge on any atom is -0.445 e. The SMILES string of the molecule is CC(C)(C)NC(=O)[C@@H]1CCCN1C[C@@H](O)[C@H](Cc1ccccc1)NC(=O)[C@H](CC(N)=O)NC(=O)OCc1ccccc1. The summed E-state index contributed by atoms with van der Waals surface area (Å²) in [5.41, 5.74) is 6.61. The van der Waals surface area contributed by atoms with Gasteiger partial charge in [0.15, 0.2) is 0 Å². The van der Waals surface area contributed by atoms with Crippen LogP contribution in [0.5, 0.6) is 0 Å². The molecule has 1 aliphatic rings. The Morgan fingerprint density at radius 2 is 1.62 bits per heavy atom. The molecule has 0 aromatic heterocycles. The van der Waals surface area contributed by atoms with Crippen LogP contribution in [-0.2, 0) is 32.1 Å². The number of alkyl carbamates (subject to hydrolysis) is 1. The van der Waals surface area contributed by atoms with Gasteiger partial charge in [0.2, 0.25) is 17.7 Å². The number of hydrogen-bond donors (Lipinski definition) is 5. The fraction of sp³-hybridized carbons (Fsp3) is 0.484. The first-order chi connectivity index (χ1) is 19.9. The first-order valence-electron chi connectivity index (χ1n) is 14.2. The van der Waals surface area contributed by atoms with Crippen molar-refractivity contribution < 1.29 is 29.0 Å². The fourth-order valence-electron chi connectivity index (χ4n) is 4.91. The van der Waals surface area contributed by atoms with Gasteiger partial charge in [-0.05, 0) is 57.7 Å². The standard InChI is InChI=1S/C31H43N5O6/c1-31(2,3)35-29(40)25-15-10-16-36(25)19-26(37)23(17-21-11-6-4-7-12-21)33-28(39)24(18-27(32)38)34-30(41)42-20-22-13-8-5-9-14-22/h4-9,11-14,23-26,37H,10,15-20H2,1-3H3,(H2,32,38)(H,33,39)(H,34,41)(H,35,40)/t23-,24-,25-,26+/m0/s1. The Labute approximate surface area is 247 Å². The van der Waals surface area contributed by atoms with E-state index in [1.165, 1.54) is 0 Å². The lowest BCUT2D eigenvalue weighted by Gasteiger charge is -2.32. The molecule has 0 aliphatic carbocycles. The Bertz CT molecular complexity index is 1190. The Morgan fingerprint density at radius 1 is 1.00 bits per heavy atom. The zero-order chi connectivity index (χ0) is 30.7. The van der Waals surface area contributed by atoms with Gasteiger partial charge in [-0.1, -0.05) is 60.7 Å². The first kappa shape index (κ1) is 32.6. The molecule has 42 heavy (non-hydrogen) atoms. The Morgan fingerprint density at radius 3 is 2.21 bits per heavy atom. The summed E-state index contributed by atoms with van der Waals surface area (Å²) in [5.74, 6) is -1.58. The van der Waals surface area contributed by atoms with Gasteiger partial charge >= 0.3 is 6.09 Å². The number of likely N-dealkylation sites (tertiary alicyclic amines) is 1. The van der Waals surface area contributed by atoms with Gasteiger partial charge in [-0.3, -0.25) is 19.3 Å². The number of amides is 4. The lowest BCUT2D eigenvalue weighted by Crippen LogP contribution is -2.57. The van der Waals surface area contributed by atoms with Crippen LogP contribution in [0.4, 0.5) is 4.79 Å². The topological polar surface area (TPSA) is 163 Å². The number of nitrogens with two attached hydrogens (primary N) is 1. The third kappa shape index (κ3) is 10.8. The van der Waals surface area contributed by atoms with Gasteiger partial charge in [0.05, 0.1) is 24.6 Å². The molecule has 1 aliphatic heterocycles. The highest BCUT2D eigenvalue weighted by molar-refractivity contribution is 5.90. The van der Waals surface area contributed by atoms with Crippen molar-refractivity contribution in [2.45, 2.75) is 82.8 Å². The molecule has 11 nitrogen and oxygen atoms in total. The van der Waals surface area contributed by atoms with Gasteiger partial charge in [0.1, 0.15) is 12.6 Å². The van der Waals surface area contributed by atoms with Crippen LogP contribution in [0.25, 0.3) is 0 Å². The van der Waals surface area contributed by atoms with Gasteiger partial charge < -0.3 is 31.5 Å². The van der Waals surface area contributed by atoms with Gasteiger partial charge in [-0.25, -0.2) is 4.79 Å². The summed E-state index contributed by atoms with van der Waals surface area (Å²) in [6.45, 7) is 6.50. The molecule has 0 unspecified atom stereocenters. The molecule has 0 bridgehead atoms. The van der Waals surface area contributed by atoms with Crippen LogP contribution >= 0.6 is 0 Å². The summed E-state index contributed by atoms with van der Waals surface area (Å²) in [5, 5.41) is 19.6. The molecule has 11 heteroatoms. The van der Waals surface area contributed by atoms with Crippen LogP contribution in [0.3, 0.4) is 0 Å². The zero-order valence-electron chi connectivity index (χ0n) is 24.5. The minimum absolute atomic E-state index is 0.0211. The van der Waals surface area contributed by atoms with E-state index in [9.17, 15) is 24.3 Å².